The highest BCUT2D eigenvalue weighted by Gasteiger charge is 2.40. The fourth-order valence-electron chi connectivity index (χ4n) is 4.44. The zero-order chi connectivity index (χ0) is 21.0. The maximum absolute atomic E-state index is 12.6. The van der Waals surface area contributed by atoms with Gasteiger partial charge < -0.3 is 19.9 Å². The average Bonchev–Trinajstić information content (AvgIpc) is 3.46. The normalized spacial score (nSPS) is 22.3. The van der Waals surface area contributed by atoms with E-state index in [-0.39, 0.29) is 12.1 Å². The van der Waals surface area contributed by atoms with Crippen LogP contribution in [0, 0.1) is 0 Å². The number of rotatable bonds is 5. The minimum atomic E-state index is -1.08. The van der Waals surface area contributed by atoms with Gasteiger partial charge in [-0.2, -0.15) is 4.98 Å². The topological polar surface area (TPSA) is 97.2 Å². The Morgan fingerprint density at radius 2 is 2.16 bits per heavy atom. The van der Waals surface area contributed by atoms with Crippen molar-refractivity contribution < 1.29 is 9.66 Å². The van der Waals surface area contributed by atoms with Gasteiger partial charge in [-0.3, -0.25) is 0 Å². The lowest BCUT2D eigenvalue weighted by Gasteiger charge is -2.41. The molecule has 3 aliphatic rings. The molecule has 7 nitrogen and oxygen atoms in total. The third-order valence-corrected chi connectivity index (χ3v) is 9.95. The number of aliphatic hydroxyl groups excluding tert-OH is 1. The van der Waals surface area contributed by atoms with Crippen LogP contribution in [-0.4, -0.2) is 55.6 Å². The molecule has 1 saturated carbocycles. The summed E-state index contributed by atoms with van der Waals surface area (Å²) in [5, 5.41) is 16.6. The standard InChI is InChI=1S/C21H23N5O2S3/c27-12-21(6-1-7-21)25-17-16-14(5-11-31(16)28)22-20(23-17)26-8-2-13(3-9-26)18-24-19-15(30-18)4-10-29-19/h2,4,10,27H,1,3,5-9,11-12H2,(H,22,23,25)/t31-/m1/s1. The quantitative estimate of drug-likeness (QED) is 0.548. The van der Waals surface area contributed by atoms with E-state index in [0.717, 1.165) is 59.2 Å². The average molecular weight is 474 g/mol. The van der Waals surface area contributed by atoms with Crippen molar-refractivity contribution in [3.63, 3.8) is 0 Å². The summed E-state index contributed by atoms with van der Waals surface area (Å²) >= 11 is 2.37. The molecule has 0 aromatic carbocycles. The molecule has 2 aliphatic heterocycles. The van der Waals surface area contributed by atoms with Crippen molar-refractivity contribution in [2.24, 2.45) is 0 Å². The molecule has 0 radical (unpaired) electrons. The fourth-order valence-corrected chi connectivity index (χ4v) is 7.75. The van der Waals surface area contributed by atoms with Gasteiger partial charge in [-0.05, 0) is 53.9 Å². The molecule has 31 heavy (non-hydrogen) atoms. The molecule has 0 saturated heterocycles. The number of nitrogens with zero attached hydrogens (tertiary/aromatic N) is 4. The van der Waals surface area contributed by atoms with Crippen LogP contribution in [0.1, 0.15) is 36.4 Å². The van der Waals surface area contributed by atoms with Crippen LogP contribution >= 0.6 is 22.7 Å². The van der Waals surface area contributed by atoms with Gasteiger partial charge >= 0.3 is 0 Å². The number of aromatic nitrogens is 3. The Balaban J connectivity index is 1.28. The van der Waals surface area contributed by atoms with Gasteiger partial charge in [0.2, 0.25) is 10.8 Å². The largest absolute Gasteiger partial charge is 0.611 e. The van der Waals surface area contributed by atoms with E-state index >= 15 is 0 Å². The first-order valence-corrected chi connectivity index (χ1v) is 13.6. The van der Waals surface area contributed by atoms with Crippen molar-refractivity contribution in [3.05, 3.63) is 28.2 Å². The van der Waals surface area contributed by atoms with Crippen LogP contribution in [0.2, 0.25) is 0 Å². The molecule has 3 aromatic heterocycles. The summed E-state index contributed by atoms with van der Waals surface area (Å²) in [6.07, 6.45) is 6.75. The molecule has 0 amide bonds. The van der Waals surface area contributed by atoms with Crippen LogP contribution in [0.15, 0.2) is 22.4 Å². The summed E-state index contributed by atoms with van der Waals surface area (Å²) in [5.74, 6) is 1.93. The number of aliphatic hydroxyl groups is 1. The molecule has 1 atom stereocenters. The second kappa shape index (κ2) is 7.70. The van der Waals surface area contributed by atoms with E-state index < -0.39 is 11.2 Å². The van der Waals surface area contributed by atoms with Gasteiger partial charge in [-0.1, -0.05) is 6.08 Å². The predicted molar refractivity (Wildman–Crippen MR) is 127 cm³/mol. The Kier molecular flexibility index (Phi) is 4.95. The van der Waals surface area contributed by atoms with Crippen LogP contribution in [0.5, 0.6) is 0 Å². The van der Waals surface area contributed by atoms with Crippen LogP contribution in [-0.2, 0) is 17.6 Å². The van der Waals surface area contributed by atoms with Gasteiger partial charge in [0.1, 0.15) is 21.3 Å². The summed E-state index contributed by atoms with van der Waals surface area (Å²) in [6, 6.07) is 2.13. The minimum absolute atomic E-state index is 0.0643. The van der Waals surface area contributed by atoms with Crippen molar-refractivity contribution in [1.82, 2.24) is 15.0 Å². The number of hydrogen-bond acceptors (Lipinski definition) is 9. The number of thiazole rings is 1. The zero-order valence-corrected chi connectivity index (χ0v) is 19.4. The van der Waals surface area contributed by atoms with Gasteiger partial charge in [0.25, 0.3) is 0 Å². The van der Waals surface area contributed by atoms with Crippen molar-refractivity contribution in [3.8, 4) is 0 Å². The molecule has 162 valence electrons. The molecule has 3 aromatic rings. The summed E-state index contributed by atoms with van der Waals surface area (Å²) < 4.78 is 13.9. The van der Waals surface area contributed by atoms with Crippen molar-refractivity contribution in [1.29, 1.82) is 0 Å². The Labute approximate surface area is 191 Å². The number of aryl methyl sites for hydroxylation is 1. The monoisotopic (exact) mass is 473 g/mol. The highest BCUT2D eigenvalue weighted by atomic mass is 32.2. The smallest absolute Gasteiger partial charge is 0.228 e. The SMILES string of the molecule is [O-][S@+]1CCc2nc(N3CC=C(c4nc5sccc5s4)CC3)nc(NC3(CO)CCC3)c21. The molecule has 0 unspecified atom stereocenters. The number of fused-ring (bicyclic) bond motifs is 2. The van der Waals surface area contributed by atoms with E-state index in [1.54, 1.807) is 22.7 Å². The fraction of sp³-hybridized carbons (Fsp3) is 0.476. The first kappa shape index (κ1) is 19.9. The van der Waals surface area contributed by atoms with Crippen molar-refractivity contribution >= 4 is 60.7 Å². The van der Waals surface area contributed by atoms with Gasteiger partial charge in [0, 0.05) is 19.5 Å². The summed E-state index contributed by atoms with van der Waals surface area (Å²) in [4.78, 5) is 18.4. The van der Waals surface area contributed by atoms with E-state index in [9.17, 15) is 9.66 Å². The highest BCUT2D eigenvalue weighted by molar-refractivity contribution is 7.91. The Morgan fingerprint density at radius 3 is 2.87 bits per heavy atom. The second-order valence-electron chi connectivity index (χ2n) is 8.40. The maximum Gasteiger partial charge on any atom is 0.228 e. The van der Waals surface area contributed by atoms with Crippen LogP contribution in [0.25, 0.3) is 15.1 Å². The van der Waals surface area contributed by atoms with E-state index in [0.29, 0.717) is 23.9 Å². The Bertz CT molecular complexity index is 1140. The molecule has 6 rings (SSSR count). The molecule has 5 heterocycles. The van der Waals surface area contributed by atoms with Crippen molar-refractivity contribution in [2.75, 3.05) is 35.7 Å². The summed E-state index contributed by atoms with van der Waals surface area (Å²) in [6.45, 7) is 1.62. The highest BCUT2D eigenvalue weighted by Crippen LogP contribution is 2.40. The van der Waals surface area contributed by atoms with E-state index in [1.165, 1.54) is 10.3 Å². The Hall–Kier alpha value is -1.72. The van der Waals surface area contributed by atoms with Gasteiger partial charge in [0.15, 0.2) is 5.82 Å². The lowest BCUT2D eigenvalue weighted by molar-refractivity contribution is 0.143. The molecule has 2 N–H and O–H groups in total. The molecular weight excluding hydrogens is 450 g/mol. The summed E-state index contributed by atoms with van der Waals surface area (Å²) in [5.41, 5.74) is 1.84. The van der Waals surface area contributed by atoms with Crippen LogP contribution in [0.4, 0.5) is 11.8 Å². The maximum atomic E-state index is 12.6. The van der Waals surface area contributed by atoms with Crippen LogP contribution in [0.3, 0.4) is 0 Å². The first-order valence-electron chi connectivity index (χ1n) is 10.6. The third kappa shape index (κ3) is 3.45. The zero-order valence-electron chi connectivity index (χ0n) is 17.0. The molecule has 0 bridgehead atoms. The van der Waals surface area contributed by atoms with Crippen LogP contribution < -0.4 is 10.2 Å². The van der Waals surface area contributed by atoms with Gasteiger partial charge in [-0.25, -0.2) is 9.97 Å². The second-order valence-corrected chi connectivity index (χ2v) is 11.8. The molecule has 10 heteroatoms. The lowest BCUT2D eigenvalue weighted by Crippen LogP contribution is -2.49. The molecule has 0 spiro atoms. The minimum Gasteiger partial charge on any atom is -0.611 e. The first-order chi connectivity index (χ1) is 15.1. The number of nitrogens with one attached hydrogen (secondary N) is 1. The Morgan fingerprint density at radius 1 is 1.26 bits per heavy atom. The third-order valence-electron chi connectivity index (χ3n) is 6.46. The predicted octanol–water partition coefficient (Wildman–Crippen LogP) is 3.43. The molecular formula is C21H23N5O2S3. The van der Waals surface area contributed by atoms with Gasteiger partial charge in [-0.15, -0.1) is 22.7 Å². The van der Waals surface area contributed by atoms with Gasteiger partial charge in [0.05, 0.1) is 16.8 Å². The van der Waals surface area contributed by atoms with Crippen molar-refractivity contribution in [2.45, 2.75) is 42.5 Å². The number of anilines is 2. The number of hydrogen-bond donors (Lipinski definition) is 2. The van der Waals surface area contributed by atoms with E-state index in [4.69, 9.17) is 15.0 Å². The molecule has 1 aliphatic carbocycles. The van der Waals surface area contributed by atoms with E-state index in [2.05, 4.69) is 27.7 Å². The number of thiophene rings is 1. The summed E-state index contributed by atoms with van der Waals surface area (Å²) in [7, 11) is 0. The molecule has 1 fully saturated rings. The van der Waals surface area contributed by atoms with E-state index in [1.807, 2.05) is 0 Å². The lowest BCUT2D eigenvalue weighted by atomic mass is 9.77.